The first kappa shape index (κ1) is 12.3. The van der Waals surface area contributed by atoms with Gasteiger partial charge in [-0.05, 0) is 60.4 Å². The second-order valence-electron chi connectivity index (χ2n) is 4.57. The van der Waals surface area contributed by atoms with Crippen LogP contribution in [-0.4, -0.2) is 18.3 Å². The van der Waals surface area contributed by atoms with E-state index in [1.54, 1.807) is 13.2 Å². The van der Waals surface area contributed by atoms with Crippen molar-refractivity contribution in [3.8, 4) is 5.75 Å². The van der Waals surface area contributed by atoms with Gasteiger partial charge in [0.2, 0.25) is 0 Å². The Bertz CT molecular complexity index is 607. The Hall–Kier alpha value is -1.75. The third kappa shape index (κ3) is 2.26. The molecule has 1 fully saturated rings. The molecule has 2 aliphatic rings. The highest BCUT2D eigenvalue weighted by molar-refractivity contribution is 8.18. The average molecular weight is 275 g/mol. The molecule has 98 valence electrons. The fourth-order valence-corrected chi connectivity index (χ4v) is 3.15. The number of rotatable bonds is 2. The highest BCUT2D eigenvalue weighted by Gasteiger charge is 2.25. The monoisotopic (exact) mass is 275 g/mol. The number of carbonyl (C=O) groups is 2. The molecule has 1 heterocycles. The third-order valence-corrected chi connectivity index (χ3v) is 4.18. The van der Waals surface area contributed by atoms with Crippen LogP contribution in [0.3, 0.4) is 0 Å². The van der Waals surface area contributed by atoms with Crippen molar-refractivity contribution in [2.24, 2.45) is 0 Å². The summed E-state index contributed by atoms with van der Waals surface area (Å²) < 4.78 is 5.37. The number of methoxy groups -OCH3 is 1. The molecule has 0 saturated carbocycles. The van der Waals surface area contributed by atoms with Crippen molar-refractivity contribution < 1.29 is 14.3 Å². The van der Waals surface area contributed by atoms with Crippen LogP contribution in [0.4, 0.5) is 4.79 Å². The van der Waals surface area contributed by atoms with E-state index in [4.69, 9.17) is 4.74 Å². The summed E-state index contributed by atoms with van der Waals surface area (Å²) in [6, 6.07) is 4.10. The van der Waals surface area contributed by atoms with E-state index in [1.165, 1.54) is 11.1 Å². The first-order valence-electron chi connectivity index (χ1n) is 6.12. The SMILES string of the molecule is COc1cc2c(cc1C=C1SC(=O)NC1=O)CCC2. The van der Waals surface area contributed by atoms with E-state index in [-0.39, 0.29) is 11.1 Å². The lowest BCUT2D eigenvalue weighted by molar-refractivity contribution is -0.115. The van der Waals surface area contributed by atoms with Crippen molar-refractivity contribution in [2.45, 2.75) is 19.3 Å². The molecule has 4 nitrogen and oxygen atoms in total. The van der Waals surface area contributed by atoms with E-state index in [9.17, 15) is 9.59 Å². The minimum Gasteiger partial charge on any atom is -0.496 e. The first-order chi connectivity index (χ1) is 9.17. The van der Waals surface area contributed by atoms with Gasteiger partial charge in [-0.2, -0.15) is 0 Å². The van der Waals surface area contributed by atoms with E-state index in [0.29, 0.717) is 4.91 Å². The van der Waals surface area contributed by atoms with Gasteiger partial charge in [0, 0.05) is 5.56 Å². The fourth-order valence-electron chi connectivity index (χ4n) is 2.47. The lowest BCUT2D eigenvalue weighted by Gasteiger charge is -2.09. The molecule has 1 saturated heterocycles. The summed E-state index contributed by atoms with van der Waals surface area (Å²) in [5, 5.41) is 1.93. The molecule has 1 aromatic rings. The van der Waals surface area contributed by atoms with Gasteiger partial charge in [-0.1, -0.05) is 0 Å². The zero-order valence-corrected chi connectivity index (χ0v) is 11.3. The highest BCUT2D eigenvalue weighted by Crippen LogP contribution is 2.33. The summed E-state index contributed by atoms with van der Waals surface area (Å²) in [5.41, 5.74) is 3.48. The molecule has 0 unspecified atom stereocenters. The number of aryl methyl sites for hydroxylation is 2. The number of fused-ring (bicyclic) bond motifs is 1. The van der Waals surface area contributed by atoms with Crippen LogP contribution in [-0.2, 0) is 17.6 Å². The molecule has 2 amide bonds. The van der Waals surface area contributed by atoms with Crippen LogP contribution in [0.2, 0.25) is 0 Å². The molecule has 5 heteroatoms. The second kappa shape index (κ2) is 4.74. The largest absolute Gasteiger partial charge is 0.496 e. The summed E-state index contributed by atoms with van der Waals surface area (Å²) >= 11 is 0.927. The molecule has 1 aromatic carbocycles. The summed E-state index contributed by atoms with van der Waals surface area (Å²) in [6.07, 6.45) is 5.03. The molecular formula is C14H13NO3S. The molecule has 1 N–H and O–H groups in total. The number of imide groups is 1. The number of benzene rings is 1. The van der Waals surface area contributed by atoms with Gasteiger partial charge in [-0.25, -0.2) is 0 Å². The van der Waals surface area contributed by atoms with Crippen LogP contribution in [0.5, 0.6) is 5.75 Å². The van der Waals surface area contributed by atoms with Crippen LogP contribution in [0.15, 0.2) is 17.0 Å². The zero-order chi connectivity index (χ0) is 13.4. The summed E-state index contributed by atoms with van der Waals surface area (Å²) in [7, 11) is 1.62. The van der Waals surface area contributed by atoms with Gasteiger partial charge in [0.1, 0.15) is 5.75 Å². The normalized spacial score (nSPS) is 19.7. The molecule has 3 rings (SSSR count). The van der Waals surface area contributed by atoms with Gasteiger partial charge < -0.3 is 4.74 Å². The third-order valence-electron chi connectivity index (χ3n) is 3.37. The maximum atomic E-state index is 11.6. The first-order valence-corrected chi connectivity index (χ1v) is 6.93. The summed E-state index contributed by atoms with van der Waals surface area (Å²) in [6.45, 7) is 0. The van der Waals surface area contributed by atoms with Gasteiger partial charge in [0.15, 0.2) is 0 Å². The zero-order valence-electron chi connectivity index (χ0n) is 10.5. The van der Waals surface area contributed by atoms with Gasteiger partial charge in [-0.3, -0.25) is 14.9 Å². The Balaban J connectivity index is 2.03. The second-order valence-corrected chi connectivity index (χ2v) is 5.58. The van der Waals surface area contributed by atoms with E-state index in [2.05, 4.69) is 11.4 Å². The Labute approximate surface area is 115 Å². The molecular weight excluding hydrogens is 262 g/mol. The molecule has 19 heavy (non-hydrogen) atoms. The maximum Gasteiger partial charge on any atom is 0.290 e. The summed E-state index contributed by atoms with van der Waals surface area (Å²) in [5.74, 6) is 0.415. The van der Waals surface area contributed by atoms with Crippen LogP contribution in [0.1, 0.15) is 23.1 Å². The number of nitrogens with one attached hydrogen (secondary N) is 1. The Morgan fingerprint density at radius 1 is 1.26 bits per heavy atom. The number of carbonyl (C=O) groups excluding carboxylic acids is 2. The van der Waals surface area contributed by atoms with E-state index >= 15 is 0 Å². The predicted molar refractivity (Wildman–Crippen MR) is 74.1 cm³/mol. The molecule has 0 spiro atoms. The molecule has 0 bridgehead atoms. The average Bonchev–Trinajstić information content (AvgIpc) is 2.95. The number of hydrogen-bond donors (Lipinski definition) is 1. The smallest absolute Gasteiger partial charge is 0.290 e. The molecule has 0 aromatic heterocycles. The lowest BCUT2D eigenvalue weighted by atomic mass is 10.0. The van der Waals surface area contributed by atoms with Crippen LogP contribution in [0, 0.1) is 0 Å². The molecule has 0 radical (unpaired) electrons. The van der Waals surface area contributed by atoms with Gasteiger partial charge >= 0.3 is 0 Å². The minimum atomic E-state index is -0.336. The number of thioether (sulfide) groups is 1. The number of hydrogen-bond acceptors (Lipinski definition) is 4. The van der Waals surface area contributed by atoms with Gasteiger partial charge in [-0.15, -0.1) is 0 Å². The van der Waals surface area contributed by atoms with Gasteiger partial charge in [0.05, 0.1) is 12.0 Å². The van der Waals surface area contributed by atoms with Crippen molar-refractivity contribution in [2.75, 3.05) is 7.11 Å². The van der Waals surface area contributed by atoms with Crippen molar-refractivity contribution in [1.29, 1.82) is 0 Å². The van der Waals surface area contributed by atoms with Crippen LogP contribution < -0.4 is 10.1 Å². The Kier molecular flexibility index (Phi) is 3.06. The van der Waals surface area contributed by atoms with E-state index < -0.39 is 0 Å². The van der Waals surface area contributed by atoms with Crippen molar-refractivity contribution in [3.63, 3.8) is 0 Å². The van der Waals surface area contributed by atoms with Crippen LogP contribution >= 0.6 is 11.8 Å². The lowest BCUT2D eigenvalue weighted by Crippen LogP contribution is -2.17. The van der Waals surface area contributed by atoms with Crippen molar-refractivity contribution in [1.82, 2.24) is 5.32 Å². The maximum absolute atomic E-state index is 11.6. The van der Waals surface area contributed by atoms with Crippen molar-refractivity contribution >= 4 is 29.0 Å². The molecule has 0 atom stereocenters. The highest BCUT2D eigenvalue weighted by atomic mass is 32.2. The number of ether oxygens (including phenoxy) is 1. The van der Waals surface area contributed by atoms with Gasteiger partial charge in [0.25, 0.3) is 11.1 Å². The topological polar surface area (TPSA) is 55.4 Å². The molecule has 1 aliphatic heterocycles. The minimum absolute atomic E-state index is 0.323. The van der Waals surface area contributed by atoms with E-state index in [0.717, 1.165) is 42.3 Å². The van der Waals surface area contributed by atoms with Crippen LogP contribution in [0.25, 0.3) is 6.08 Å². The quantitative estimate of drug-likeness (QED) is 0.843. The fraction of sp³-hybridized carbons (Fsp3) is 0.286. The Morgan fingerprint density at radius 2 is 2.00 bits per heavy atom. The Morgan fingerprint density at radius 3 is 2.63 bits per heavy atom. The standard InChI is InChI=1S/C14H13NO3S/c1-18-11-6-9-4-2-3-8(9)5-10(11)7-12-13(16)15-14(17)19-12/h5-7H,2-4H2,1H3,(H,15,16,17). The number of amides is 2. The van der Waals surface area contributed by atoms with Crippen molar-refractivity contribution in [3.05, 3.63) is 33.7 Å². The predicted octanol–water partition coefficient (Wildman–Crippen LogP) is 2.51. The summed E-state index contributed by atoms with van der Waals surface area (Å²) in [4.78, 5) is 23.1. The van der Waals surface area contributed by atoms with E-state index in [1.807, 2.05) is 6.07 Å². The molecule has 1 aliphatic carbocycles.